The summed E-state index contributed by atoms with van der Waals surface area (Å²) in [7, 11) is 0. The first kappa shape index (κ1) is 13.8. The molecule has 0 saturated carbocycles. The zero-order valence-corrected chi connectivity index (χ0v) is 11.1. The molecule has 0 radical (unpaired) electrons. The highest BCUT2D eigenvalue weighted by Crippen LogP contribution is 2.23. The van der Waals surface area contributed by atoms with Crippen LogP contribution in [0, 0.1) is 5.92 Å². The number of anilines is 1. The van der Waals surface area contributed by atoms with Crippen LogP contribution in [0.2, 0.25) is 0 Å². The van der Waals surface area contributed by atoms with Gasteiger partial charge in [-0.15, -0.1) is 0 Å². The van der Waals surface area contributed by atoms with Gasteiger partial charge < -0.3 is 15.2 Å². The quantitative estimate of drug-likeness (QED) is 0.854. The molecule has 104 valence electrons. The predicted octanol–water partition coefficient (Wildman–Crippen LogP) is 2.40. The van der Waals surface area contributed by atoms with E-state index in [4.69, 9.17) is 9.84 Å². The minimum absolute atomic E-state index is 0.0758. The first-order valence-corrected chi connectivity index (χ1v) is 6.75. The number of carboxylic acid groups (broad SMARTS) is 1. The summed E-state index contributed by atoms with van der Waals surface area (Å²) in [4.78, 5) is 15.0. The third-order valence-electron chi connectivity index (χ3n) is 3.58. The molecule has 5 nitrogen and oxygen atoms in total. The van der Waals surface area contributed by atoms with Crippen molar-refractivity contribution in [1.29, 1.82) is 0 Å². The monoisotopic (exact) mass is 264 g/mol. The van der Waals surface area contributed by atoms with E-state index in [-0.39, 0.29) is 5.69 Å². The maximum atomic E-state index is 10.9. The molecule has 0 aliphatic carbocycles. The predicted molar refractivity (Wildman–Crippen MR) is 72.4 cm³/mol. The van der Waals surface area contributed by atoms with Gasteiger partial charge in [0.05, 0.1) is 0 Å². The second kappa shape index (κ2) is 6.52. The molecule has 1 fully saturated rings. The summed E-state index contributed by atoms with van der Waals surface area (Å²) in [6.07, 6.45) is 3.08. The Morgan fingerprint density at radius 1 is 1.53 bits per heavy atom. The van der Waals surface area contributed by atoms with Crippen LogP contribution in [0.3, 0.4) is 0 Å². The summed E-state index contributed by atoms with van der Waals surface area (Å²) in [6.45, 7) is 3.76. The van der Waals surface area contributed by atoms with Gasteiger partial charge in [0.2, 0.25) is 0 Å². The number of hydrogen-bond acceptors (Lipinski definition) is 4. The number of carbonyl (C=O) groups is 1. The summed E-state index contributed by atoms with van der Waals surface area (Å²) in [5, 5.41) is 12.3. The van der Waals surface area contributed by atoms with Crippen molar-refractivity contribution in [2.24, 2.45) is 5.92 Å². The van der Waals surface area contributed by atoms with Gasteiger partial charge in [-0.2, -0.15) is 0 Å². The van der Waals surface area contributed by atoms with E-state index in [1.807, 2.05) is 6.07 Å². The number of aromatic nitrogens is 1. The number of rotatable bonds is 5. The van der Waals surface area contributed by atoms with Gasteiger partial charge in [-0.25, -0.2) is 9.78 Å². The molecule has 5 heteroatoms. The van der Waals surface area contributed by atoms with Crippen molar-refractivity contribution in [2.75, 3.05) is 18.5 Å². The van der Waals surface area contributed by atoms with Crippen LogP contribution in [0.4, 0.5) is 5.82 Å². The highest BCUT2D eigenvalue weighted by Gasteiger charge is 2.23. The zero-order chi connectivity index (χ0) is 13.7. The average molecular weight is 264 g/mol. The van der Waals surface area contributed by atoms with Crippen LogP contribution in [-0.2, 0) is 4.74 Å². The molecule has 2 heterocycles. The maximum absolute atomic E-state index is 10.9. The molecule has 1 atom stereocenters. The van der Waals surface area contributed by atoms with Gasteiger partial charge >= 0.3 is 5.97 Å². The van der Waals surface area contributed by atoms with Crippen LogP contribution in [0.25, 0.3) is 0 Å². The molecule has 0 aromatic carbocycles. The fourth-order valence-electron chi connectivity index (χ4n) is 2.50. The van der Waals surface area contributed by atoms with Gasteiger partial charge in [0.1, 0.15) is 5.82 Å². The van der Waals surface area contributed by atoms with Gasteiger partial charge in [-0.05, 0) is 37.3 Å². The van der Waals surface area contributed by atoms with E-state index >= 15 is 0 Å². The van der Waals surface area contributed by atoms with E-state index in [1.54, 1.807) is 6.07 Å². The molecule has 0 spiro atoms. The number of nitrogens with one attached hydrogen (secondary N) is 1. The van der Waals surface area contributed by atoms with E-state index in [2.05, 4.69) is 17.2 Å². The van der Waals surface area contributed by atoms with Crippen molar-refractivity contribution in [3.63, 3.8) is 0 Å². The Morgan fingerprint density at radius 2 is 2.26 bits per heavy atom. The molecular formula is C14H20N2O3. The maximum Gasteiger partial charge on any atom is 0.354 e. The molecular weight excluding hydrogens is 244 g/mol. The Labute approximate surface area is 113 Å². The van der Waals surface area contributed by atoms with Crippen molar-refractivity contribution >= 4 is 11.8 Å². The third-order valence-corrected chi connectivity index (χ3v) is 3.58. The Bertz CT molecular complexity index is 430. The topological polar surface area (TPSA) is 71.5 Å². The second-order valence-corrected chi connectivity index (χ2v) is 4.82. The lowest BCUT2D eigenvalue weighted by atomic mass is 9.90. The van der Waals surface area contributed by atoms with Gasteiger partial charge in [0.15, 0.2) is 5.69 Å². The molecule has 1 unspecified atom stereocenters. The Kier molecular flexibility index (Phi) is 4.74. The summed E-state index contributed by atoms with van der Waals surface area (Å²) >= 11 is 0. The summed E-state index contributed by atoms with van der Waals surface area (Å²) < 4.78 is 5.37. The van der Waals surface area contributed by atoms with Crippen LogP contribution >= 0.6 is 0 Å². The highest BCUT2D eigenvalue weighted by atomic mass is 16.5. The average Bonchev–Trinajstić information content (AvgIpc) is 2.46. The van der Waals surface area contributed by atoms with Crippen LogP contribution in [0.5, 0.6) is 0 Å². The second-order valence-electron chi connectivity index (χ2n) is 4.82. The van der Waals surface area contributed by atoms with Crippen molar-refractivity contribution in [3.8, 4) is 0 Å². The molecule has 2 rings (SSSR count). The van der Waals surface area contributed by atoms with Crippen molar-refractivity contribution < 1.29 is 14.6 Å². The lowest BCUT2D eigenvalue weighted by Crippen LogP contribution is -2.33. The first-order valence-electron chi connectivity index (χ1n) is 6.75. The lowest BCUT2D eigenvalue weighted by molar-refractivity contribution is 0.0602. The number of pyridine rings is 1. The van der Waals surface area contributed by atoms with Gasteiger partial charge in [0, 0.05) is 19.3 Å². The molecule has 2 N–H and O–H groups in total. The van der Waals surface area contributed by atoms with E-state index in [1.165, 1.54) is 6.07 Å². The molecule has 0 bridgehead atoms. The van der Waals surface area contributed by atoms with Crippen LogP contribution in [0.15, 0.2) is 18.2 Å². The number of aromatic carboxylic acids is 1. The summed E-state index contributed by atoms with van der Waals surface area (Å²) in [6, 6.07) is 5.35. The standard InChI is InChI=1S/C14H20N2O3/c1-2-11(10-6-8-19-9-7-10)15-13-5-3-4-12(16-13)14(17)18/h3-5,10-11H,2,6-9H2,1H3,(H,15,16)(H,17,18). The smallest absolute Gasteiger partial charge is 0.354 e. The molecule has 1 aliphatic rings. The lowest BCUT2D eigenvalue weighted by Gasteiger charge is -2.30. The minimum Gasteiger partial charge on any atom is -0.477 e. The number of ether oxygens (including phenoxy) is 1. The molecule has 1 aromatic rings. The van der Waals surface area contributed by atoms with Crippen molar-refractivity contribution in [3.05, 3.63) is 23.9 Å². The van der Waals surface area contributed by atoms with E-state index in [9.17, 15) is 4.79 Å². The molecule has 1 aromatic heterocycles. The Morgan fingerprint density at radius 3 is 2.89 bits per heavy atom. The summed E-state index contributed by atoms with van der Waals surface area (Å²) in [5.41, 5.74) is 0.0758. The van der Waals surface area contributed by atoms with E-state index in [0.29, 0.717) is 17.8 Å². The third kappa shape index (κ3) is 3.67. The van der Waals surface area contributed by atoms with Crippen molar-refractivity contribution in [2.45, 2.75) is 32.2 Å². The fourth-order valence-corrected chi connectivity index (χ4v) is 2.50. The fraction of sp³-hybridized carbons (Fsp3) is 0.571. The van der Waals surface area contributed by atoms with Gasteiger partial charge in [0.25, 0.3) is 0 Å². The zero-order valence-electron chi connectivity index (χ0n) is 11.1. The summed E-state index contributed by atoms with van der Waals surface area (Å²) in [5.74, 6) is 0.204. The van der Waals surface area contributed by atoms with Gasteiger partial charge in [-0.3, -0.25) is 0 Å². The van der Waals surface area contributed by atoms with Crippen LogP contribution in [0.1, 0.15) is 36.7 Å². The molecule has 19 heavy (non-hydrogen) atoms. The Hall–Kier alpha value is -1.62. The molecule has 0 amide bonds. The van der Waals surface area contributed by atoms with Gasteiger partial charge in [-0.1, -0.05) is 13.0 Å². The van der Waals surface area contributed by atoms with Crippen LogP contribution in [-0.4, -0.2) is 35.3 Å². The number of hydrogen-bond donors (Lipinski definition) is 2. The van der Waals surface area contributed by atoms with E-state index in [0.717, 1.165) is 32.5 Å². The Balaban J connectivity index is 2.04. The largest absolute Gasteiger partial charge is 0.477 e. The molecule has 1 aliphatic heterocycles. The SMILES string of the molecule is CCC(Nc1cccc(C(=O)O)n1)C1CCOCC1. The van der Waals surface area contributed by atoms with E-state index < -0.39 is 5.97 Å². The van der Waals surface area contributed by atoms with Crippen LogP contribution < -0.4 is 5.32 Å². The highest BCUT2D eigenvalue weighted by molar-refractivity contribution is 5.85. The minimum atomic E-state index is -0.997. The number of nitrogens with zero attached hydrogens (tertiary/aromatic N) is 1. The number of carboxylic acids is 1. The molecule has 1 saturated heterocycles. The first-order chi connectivity index (χ1) is 9.20. The normalized spacial score (nSPS) is 17.9. The van der Waals surface area contributed by atoms with Crippen molar-refractivity contribution in [1.82, 2.24) is 4.98 Å².